The lowest BCUT2D eigenvalue weighted by atomic mass is 9.98. The molecule has 0 aliphatic rings. The van der Waals surface area contributed by atoms with E-state index in [0.717, 1.165) is 0 Å². The number of carbonyl (C=O) groups is 1. The molecule has 5 nitrogen and oxygen atoms in total. The van der Waals surface area contributed by atoms with Crippen molar-refractivity contribution in [3.05, 3.63) is 12.7 Å². The number of aliphatic hydroxyl groups excluding tert-OH is 1. The Hall–Kier alpha value is -0.910. The third-order valence-corrected chi connectivity index (χ3v) is 2.18. The van der Waals surface area contributed by atoms with E-state index in [0.29, 0.717) is 6.42 Å². The Morgan fingerprint density at radius 3 is 2.62 bits per heavy atom. The minimum absolute atomic E-state index is 0.0681. The average molecular weight is 232 g/mol. The van der Waals surface area contributed by atoms with Crippen molar-refractivity contribution in [2.75, 3.05) is 27.6 Å². The zero-order valence-corrected chi connectivity index (χ0v) is 9.85. The van der Waals surface area contributed by atoms with Crippen LogP contribution in [0.15, 0.2) is 12.7 Å². The minimum Gasteiger partial charge on any atom is -0.469 e. The first-order valence-corrected chi connectivity index (χ1v) is 5.08. The molecule has 0 saturated heterocycles. The van der Waals surface area contributed by atoms with Gasteiger partial charge in [0.15, 0.2) is 0 Å². The summed E-state index contributed by atoms with van der Waals surface area (Å²) in [5, 5.41) is 9.06. The van der Waals surface area contributed by atoms with Crippen LogP contribution in [0.1, 0.15) is 12.8 Å². The molecular formula is C11H20O5. The summed E-state index contributed by atoms with van der Waals surface area (Å²) in [6, 6.07) is 0. The van der Waals surface area contributed by atoms with Crippen molar-refractivity contribution in [1.82, 2.24) is 0 Å². The smallest absolute Gasteiger partial charge is 0.306 e. The molecule has 0 heterocycles. The molecule has 0 amide bonds. The van der Waals surface area contributed by atoms with Crippen LogP contribution in [0.4, 0.5) is 0 Å². The van der Waals surface area contributed by atoms with Crippen molar-refractivity contribution in [3.63, 3.8) is 0 Å². The van der Waals surface area contributed by atoms with Gasteiger partial charge in [-0.2, -0.15) is 0 Å². The highest BCUT2D eigenvalue weighted by Gasteiger charge is 2.17. The van der Waals surface area contributed by atoms with Gasteiger partial charge in [0.2, 0.25) is 0 Å². The van der Waals surface area contributed by atoms with Gasteiger partial charge in [-0.15, -0.1) is 6.58 Å². The predicted octanol–water partition coefficient (Wildman–Crippen LogP) is 0.723. The first kappa shape index (κ1) is 15.1. The van der Waals surface area contributed by atoms with Gasteiger partial charge in [0.25, 0.3) is 0 Å². The van der Waals surface area contributed by atoms with Crippen molar-refractivity contribution in [2.45, 2.75) is 18.9 Å². The van der Waals surface area contributed by atoms with E-state index in [-0.39, 0.29) is 37.8 Å². The van der Waals surface area contributed by atoms with Crippen LogP contribution in [0.5, 0.6) is 0 Å². The van der Waals surface area contributed by atoms with E-state index in [4.69, 9.17) is 14.6 Å². The fourth-order valence-electron chi connectivity index (χ4n) is 1.26. The van der Waals surface area contributed by atoms with Crippen LogP contribution in [0, 0.1) is 5.92 Å². The van der Waals surface area contributed by atoms with E-state index in [1.54, 1.807) is 6.08 Å². The molecular weight excluding hydrogens is 212 g/mol. The molecule has 0 rings (SSSR count). The number of hydrogen-bond acceptors (Lipinski definition) is 5. The molecule has 94 valence electrons. The first-order chi connectivity index (χ1) is 7.67. The lowest BCUT2D eigenvalue weighted by molar-refractivity contribution is -0.142. The number of rotatable bonds is 9. The maximum Gasteiger partial charge on any atom is 0.306 e. The molecule has 2 atom stereocenters. The van der Waals surface area contributed by atoms with Crippen LogP contribution in [0.2, 0.25) is 0 Å². The SMILES string of the molecule is C=C[C@@H](CC(=O)OC)C[C@@H](CO)OCOC. The second-order valence-electron chi connectivity index (χ2n) is 3.39. The van der Waals surface area contributed by atoms with Crippen molar-refractivity contribution >= 4 is 5.97 Å². The molecule has 0 aromatic rings. The van der Waals surface area contributed by atoms with Crippen LogP contribution in [0.25, 0.3) is 0 Å². The van der Waals surface area contributed by atoms with Crippen molar-refractivity contribution < 1.29 is 24.1 Å². The molecule has 0 saturated carbocycles. The number of aliphatic hydroxyl groups is 1. The molecule has 0 aromatic carbocycles. The Kier molecular flexibility index (Phi) is 8.80. The molecule has 0 radical (unpaired) electrons. The van der Waals surface area contributed by atoms with Gasteiger partial charge >= 0.3 is 5.97 Å². The second-order valence-corrected chi connectivity index (χ2v) is 3.39. The van der Waals surface area contributed by atoms with Crippen LogP contribution in [-0.2, 0) is 19.0 Å². The number of esters is 1. The van der Waals surface area contributed by atoms with Gasteiger partial charge in [0.1, 0.15) is 6.79 Å². The molecule has 0 fully saturated rings. The lowest BCUT2D eigenvalue weighted by Gasteiger charge is -2.19. The Morgan fingerprint density at radius 2 is 2.19 bits per heavy atom. The molecule has 0 aromatic heterocycles. The maximum atomic E-state index is 11.1. The van der Waals surface area contributed by atoms with E-state index in [1.165, 1.54) is 14.2 Å². The molecule has 1 N–H and O–H groups in total. The van der Waals surface area contributed by atoms with E-state index < -0.39 is 0 Å². The van der Waals surface area contributed by atoms with Crippen LogP contribution in [0.3, 0.4) is 0 Å². The molecule has 5 heteroatoms. The number of ether oxygens (including phenoxy) is 3. The summed E-state index contributed by atoms with van der Waals surface area (Å²) in [6.07, 6.45) is 2.06. The quantitative estimate of drug-likeness (QED) is 0.360. The summed E-state index contributed by atoms with van der Waals surface area (Å²) in [7, 11) is 2.85. The number of hydrogen-bond donors (Lipinski definition) is 1. The zero-order valence-electron chi connectivity index (χ0n) is 9.85. The van der Waals surface area contributed by atoms with Crippen LogP contribution < -0.4 is 0 Å². The Bertz CT molecular complexity index is 205. The van der Waals surface area contributed by atoms with Crippen LogP contribution in [-0.4, -0.2) is 44.8 Å². The molecule has 0 unspecified atom stereocenters. The molecule has 0 spiro atoms. The van der Waals surface area contributed by atoms with Crippen molar-refractivity contribution in [1.29, 1.82) is 0 Å². The summed E-state index contributed by atoms with van der Waals surface area (Å²) in [6.45, 7) is 3.64. The molecule has 0 aliphatic heterocycles. The van der Waals surface area contributed by atoms with E-state index in [1.807, 2.05) is 0 Å². The van der Waals surface area contributed by atoms with Gasteiger partial charge in [0, 0.05) is 7.11 Å². The van der Waals surface area contributed by atoms with Crippen molar-refractivity contribution in [2.24, 2.45) is 5.92 Å². The monoisotopic (exact) mass is 232 g/mol. The van der Waals surface area contributed by atoms with Gasteiger partial charge in [-0.3, -0.25) is 4.79 Å². The third kappa shape index (κ3) is 6.55. The summed E-state index contributed by atoms with van der Waals surface area (Å²) >= 11 is 0. The van der Waals surface area contributed by atoms with Gasteiger partial charge < -0.3 is 19.3 Å². The predicted molar refractivity (Wildman–Crippen MR) is 58.8 cm³/mol. The molecule has 16 heavy (non-hydrogen) atoms. The summed E-state index contributed by atoms with van der Waals surface area (Å²) in [5.41, 5.74) is 0. The fraction of sp³-hybridized carbons (Fsp3) is 0.727. The van der Waals surface area contributed by atoms with Crippen molar-refractivity contribution in [3.8, 4) is 0 Å². The summed E-state index contributed by atoms with van der Waals surface area (Å²) in [5.74, 6) is -0.366. The first-order valence-electron chi connectivity index (χ1n) is 5.08. The second kappa shape index (κ2) is 9.33. The number of allylic oxidation sites excluding steroid dienone is 1. The topological polar surface area (TPSA) is 65.0 Å². The van der Waals surface area contributed by atoms with Crippen LogP contribution >= 0.6 is 0 Å². The van der Waals surface area contributed by atoms with Gasteiger partial charge in [-0.05, 0) is 12.3 Å². The lowest BCUT2D eigenvalue weighted by Crippen LogP contribution is -2.23. The fourth-order valence-corrected chi connectivity index (χ4v) is 1.26. The van der Waals surface area contributed by atoms with Gasteiger partial charge in [0.05, 0.1) is 26.2 Å². The third-order valence-electron chi connectivity index (χ3n) is 2.18. The number of carbonyl (C=O) groups excluding carboxylic acids is 1. The maximum absolute atomic E-state index is 11.1. The Morgan fingerprint density at radius 1 is 1.50 bits per heavy atom. The molecule has 0 aliphatic carbocycles. The zero-order chi connectivity index (χ0) is 12.4. The van der Waals surface area contributed by atoms with E-state index >= 15 is 0 Å². The highest BCUT2D eigenvalue weighted by molar-refractivity contribution is 5.69. The summed E-state index contributed by atoms with van der Waals surface area (Å²) < 4.78 is 14.5. The Balaban J connectivity index is 4.05. The van der Waals surface area contributed by atoms with E-state index in [9.17, 15) is 4.79 Å². The van der Waals surface area contributed by atoms with Gasteiger partial charge in [-0.1, -0.05) is 6.08 Å². The largest absolute Gasteiger partial charge is 0.469 e. The standard InChI is InChI=1S/C11H20O5/c1-4-9(6-11(13)15-3)5-10(7-12)16-8-14-2/h4,9-10,12H,1,5-8H2,2-3H3/t9-,10+/m1/s1. The Labute approximate surface area is 96.0 Å². The molecule has 0 bridgehead atoms. The highest BCUT2D eigenvalue weighted by Crippen LogP contribution is 2.15. The average Bonchev–Trinajstić information content (AvgIpc) is 2.32. The highest BCUT2D eigenvalue weighted by atomic mass is 16.7. The van der Waals surface area contributed by atoms with E-state index in [2.05, 4.69) is 11.3 Å². The van der Waals surface area contributed by atoms with Gasteiger partial charge in [-0.25, -0.2) is 0 Å². The normalized spacial score (nSPS) is 14.2. The summed E-state index contributed by atoms with van der Waals surface area (Å²) in [4.78, 5) is 11.1. The number of methoxy groups -OCH3 is 2. The minimum atomic E-state index is -0.354.